The first-order chi connectivity index (χ1) is 11.7. The highest BCUT2D eigenvalue weighted by molar-refractivity contribution is 5.97. The molecule has 0 saturated heterocycles. The lowest BCUT2D eigenvalue weighted by atomic mass is 10.0. The van der Waals surface area contributed by atoms with Gasteiger partial charge in [-0.15, -0.1) is 10.2 Å². The van der Waals surface area contributed by atoms with Gasteiger partial charge in [0.1, 0.15) is 24.6 Å². The lowest BCUT2D eigenvalue weighted by Gasteiger charge is -2.10. The normalized spacial score (nSPS) is 15.6. The van der Waals surface area contributed by atoms with E-state index in [9.17, 15) is 4.79 Å². The van der Waals surface area contributed by atoms with Crippen LogP contribution in [0, 0.1) is 0 Å². The number of aromatic nitrogens is 3. The number of nitrogens with one attached hydrogen (secondary N) is 1. The third-order valence-corrected chi connectivity index (χ3v) is 4.14. The number of amides is 1. The number of benzene rings is 2. The van der Waals surface area contributed by atoms with Gasteiger partial charge in [-0.05, 0) is 30.3 Å². The summed E-state index contributed by atoms with van der Waals surface area (Å²) in [6.45, 7) is 0.377. The van der Waals surface area contributed by atoms with Crippen LogP contribution in [-0.4, -0.2) is 27.3 Å². The summed E-state index contributed by atoms with van der Waals surface area (Å²) in [4.78, 5) is 12.5. The highest BCUT2D eigenvalue weighted by Gasteiger charge is 2.29. The quantitative estimate of drug-likeness (QED) is 0.805. The summed E-state index contributed by atoms with van der Waals surface area (Å²) in [6.07, 6.45) is 1.66. The van der Waals surface area contributed by atoms with Gasteiger partial charge in [0.25, 0.3) is 0 Å². The molecule has 2 aromatic carbocycles. The molecule has 3 aromatic rings. The molecule has 6 nitrogen and oxygen atoms in total. The van der Waals surface area contributed by atoms with E-state index in [-0.39, 0.29) is 11.8 Å². The van der Waals surface area contributed by atoms with Crippen molar-refractivity contribution in [1.29, 1.82) is 0 Å². The summed E-state index contributed by atoms with van der Waals surface area (Å²) in [5.41, 5.74) is 2.63. The number of ether oxygens (including phenoxy) is 1. The average molecular weight is 320 g/mol. The Hall–Kier alpha value is -3.15. The number of anilines is 1. The fourth-order valence-corrected chi connectivity index (χ4v) is 2.86. The molecule has 0 saturated carbocycles. The molecule has 0 radical (unpaired) electrons. The Bertz CT molecular complexity index is 886. The molecule has 2 heterocycles. The van der Waals surface area contributed by atoms with Crippen LogP contribution in [0.2, 0.25) is 0 Å². The molecule has 1 aromatic heterocycles. The molecule has 0 aliphatic carbocycles. The van der Waals surface area contributed by atoms with Crippen molar-refractivity contribution in [2.75, 3.05) is 11.9 Å². The monoisotopic (exact) mass is 320 g/mol. The number of aryl methyl sites for hydroxylation is 1. The van der Waals surface area contributed by atoms with Crippen molar-refractivity contribution in [3.8, 4) is 17.1 Å². The van der Waals surface area contributed by atoms with E-state index in [1.54, 1.807) is 6.33 Å². The Kier molecular flexibility index (Phi) is 3.49. The first-order valence-electron chi connectivity index (χ1n) is 7.69. The van der Waals surface area contributed by atoms with Gasteiger partial charge < -0.3 is 14.6 Å². The Morgan fingerprint density at radius 2 is 2.00 bits per heavy atom. The highest BCUT2D eigenvalue weighted by Crippen LogP contribution is 2.34. The molecule has 6 heteroatoms. The van der Waals surface area contributed by atoms with Crippen molar-refractivity contribution in [3.63, 3.8) is 0 Å². The van der Waals surface area contributed by atoms with E-state index in [1.807, 2.05) is 60.1 Å². The third kappa shape index (κ3) is 2.52. The van der Waals surface area contributed by atoms with Crippen molar-refractivity contribution in [2.24, 2.45) is 7.05 Å². The van der Waals surface area contributed by atoms with Gasteiger partial charge in [-0.1, -0.05) is 18.2 Å². The Morgan fingerprint density at radius 1 is 1.21 bits per heavy atom. The standard InChI is InChI=1S/C18H16N4O2/c1-22-11-19-21-17(22)12-6-8-13(9-7-12)20-18(23)15-10-24-16-5-3-2-4-14(15)16/h2-9,11,15H,10H2,1H3,(H,20,23)/t15-/m1/s1. The zero-order chi connectivity index (χ0) is 16.5. The van der Waals surface area contributed by atoms with Gasteiger partial charge in [-0.2, -0.15) is 0 Å². The van der Waals surface area contributed by atoms with E-state index in [1.165, 1.54) is 0 Å². The Labute approximate surface area is 139 Å². The van der Waals surface area contributed by atoms with Gasteiger partial charge in [0.05, 0.1) is 0 Å². The van der Waals surface area contributed by atoms with E-state index in [4.69, 9.17) is 4.74 Å². The first-order valence-corrected chi connectivity index (χ1v) is 7.69. The number of carbonyl (C=O) groups is 1. The van der Waals surface area contributed by atoms with E-state index >= 15 is 0 Å². The van der Waals surface area contributed by atoms with Gasteiger partial charge in [0, 0.05) is 23.9 Å². The maximum atomic E-state index is 12.5. The summed E-state index contributed by atoms with van der Waals surface area (Å²) < 4.78 is 7.42. The fourth-order valence-electron chi connectivity index (χ4n) is 2.86. The number of hydrogen-bond donors (Lipinski definition) is 1. The van der Waals surface area contributed by atoms with Crippen LogP contribution in [0.15, 0.2) is 54.9 Å². The van der Waals surface area contributed by atoms with Crippen molar-refractivity contribution >= 4 is 11.6 Å². The lowest BCUT2D eigenvalue weighted by molar-refractivity contribution is -0.117. The summed E-state index contributed by atoms with van der Waals surface area (Å²) >= 11 is 0. The van der Waals surface area contributed by atoms with Gasteiger partial charge in [-0.3, -0.25) is 4.79 Å². The van der Waals surface area contributed by atoms with Crippen LogP contribution in [0.25, 0.3) is 11.4 Å². The number of nitrogens with zero attached hydrogens (tertiary/aromatic N) is 3. The largest absolute Gasteiger partial charge is 0.492 e. The number of carbonyl (C=O) groups excluding carboxylic acids is 1. The number of para-hydroxylation sites is 1. The highest BCUT2D eigenvalue weighted by atomic mass is 16.5. The summed E-state index contributed by atoms with van der Waals surface area (Å²) in [6, 6.07) is 15.2. The molecule has 0 bridgehead atoms. The molecule has 24 heavy (non-hydrogen) atoms. The maximum Gasteiger partial charge on any atom is 0.235 e. The summed E-state index contributed by atoms with van der Waals surface area (Å²) in [5.74, 6) is 1.23. The molecule has 0 unspecified atom stereocenters. The maximum absolute atomic E-state index is 12.5. The second-order valence-corrected chi connectivity index (χ2v) is 5.73. The number of fused-ring (bicyclic) bond motifs is 1. The molecule has 1 atom stereocenters. The second kappa shape index (κ2) is 5.81. The zero-order valence-electron chi connectivity index (χ0n) is 13.1. The van der Waals surface area contributed by atoms with Gasteiger partial charge in [0.2, 0.25) is 5.91 Å². The predicted octanol–water partition coefficient (Wildman–Crippen LogP) is 2.60. The molecule has 4 rings (SSSR count). The average Bonchev–Trinajstić information content (AvgIpc) is 3.22. The molecule has 1 amide bonds. The Balaban J connectivity index is 1.50. The van der Waals surface area contributed by atoms with Crippen molar-refractivity contribution < 1.29 is 9.53 Å². The van der Waals surface area contributed by atoms with Crippen LogP contribution in [0.5, 0.6) is 5.75 Å². The first kappa shape index (κ1) is 14.4. The minimum Gasteiger partial charge on any atom is -0.492 e. The molecule has 0 spiro atoms. The van der Waals surface area contributed by atoms with Crippen LogP contribution in [-0.2, 0) is 11.8 Å². The van der Waals surface area contributed by atoms with Crippen molar-refractivity contribution in [1.82, 2.24) is 14.8 Å². The van der Waals surface area contributed by atoms with Crippen molar-refractivity contribution in [2.45, 2.75) is 5.92 Å². The van der Waals surface area contributed by atoms with Crippen LogP contribution in [0.3, 0.4) is 0 Å². The van der Waals surface area contributed by atoms with E-state index in [2.05, 4.69) is 15.5 Å². The van der Waals surface area contributed by atoms with Gasteiger partial charge >= 0.3 is 0 Å². The van der Waals surface area contributed by atoms with Crippen LogP contribution in [0.1, 0.15) is 11.5 Å². The molecular formula is C18H16N4O2. The number of rotatable bonds is 3. The van der Waals surface area contributed by atoms with Crippen LogP contribution >= 0.6 is 0 Å². The van der Waals surface area contributed by atoms with Gasteiger partial charge in [0.15, 0.2) is 5.82 Å². The summed E-state index contributed by atoms with van der Waals surface area (Å²) in [7, 11) is 1.89. The van der Waals surface area contributed by atoms with Crippen LogP contribution in [0.4, 0.5) is 5.69 Å². The molecule has 1 N–H and O–H groups in total. The lowest BCUT2D eigenvalue weighted by Crippen LogP contribution is -2.22. The van der Waals surface area contributed by atoms with E-state index in [0.29, 0.717) is 6.61 Å². The second-order valence-electron chi connectivity index (χ2n) is 5.73. The summed E-state index contributed by atoms with van der Waals surface area (Å²) in [5, 5.41) is 10.9. The van der Waals surface area contributed by atoms with E-state index < -0.39 is 0 Å². The fraction of sp³-hybridized carbons (Fsp3) is 0.167. The molecular weight excluding hydrogens is 304 g/mol. The number of hydrogen-bond acceptors (Lipinski definition) is 4. The molecule has 0 fully saturated rings. The van der Waals surface area contributed by atoms with Crippen LogP contribution < -0.4 is 10.1 Å². The molecule has 120 valence electrons. The minimum absolute atomic E-state index is 0.0636. The molecule has 1 aliphatic heterocycles. The Morgan fingerprint density at radius 3 is 2.75 bits per heavy atom. The predicted molar refractivity (Wildman–Crippen MR) is 89.7 cm³/mol. The third-order valence-electron chi connectivity index (χ3n) is 4.14. The van der Waals surface area contributed by atoms with Crippen molar-refractivity contribution in [3.05, 3.63) is 60.4 Å². The topological polar surface area (TPSA) is 69.0 Å². The van der Waals surface area contributed by atoms with Gasteiger partial charge in [-0.25, -0.2) is 0 Å². The smallest absolute Gasteiger partial charge is 0.235 e. The SMILES string of the molecule is Cn1cnnc1-c1ccc(NC(=O)[C@@H]2COc3ccccc32)cc1. The molecule has 1 aliphatic rings. The van der Waals surface area contributed by atoms with E-state index in [0.717, 1.165) is 28.4 Å². The minimum atomic E-state index is -0.278. The zero-order valence-corrected chi connectivity index (χ0v) is 13.1.